The fourth-order valence-corrected chi connectivity index (χ4v) is 8.83. The summed E-state index contributed by atoms with van der Waals surface area (Å²) in [6, 6.07) is 47.5. The number of halogens is 3. The molecule has 12 rings (SSSR count). The number of hydrogen-bond donors (Lipinski definition) is 6. The normalized spacial score (nSPS) is 14.2. The summed E-state index contributed by atoms with van der Waals surface area (Å²) in [5.41, 5.74) is 23.1. The van der Waals surface area contributed by atoms with Crippen LogP contribution >= 0.6 is 34.8 Å². The van der Waals surface area contributed by atoms with Gasteiger partial charge in [-0.2, -0.15) is 0 Å². The maximum absolute atomic E-state index is 11.8. The number of aromatic nitrogens is 6. The highest BCUT2D eigenvalue weighted by Gasteiger charge is 2.18. The minimum absolute atomic E-state index is 0.0957. The second kappa shape index (κ2) is 28.3. The van der Waals surface area contributed by atoms with Crippen LogP contribution in [0, 0.1) is 0 Å². The van der Waals surface area contributed by atoms with E-state index in [-0.39, 0.29) is 17.7 Å². The van der Waals surface area contributed by atoms with E-state index < -0.39 is 12.4 Å². The third-order valence-electron chi connectivity index (χ3n) is 12.6. The molecule has 6 heterocycles. The average Bonchev–Trinajstić information content (AvgIpc) is 4.19. The predicted molar refractivity (Wildman–Crippen MR) is 313 cm³/mol. The van der Waals surface area contributed by atoms with Gasteiger partial charge in [0.15, 0.2) is 5.95 Å². The van der Waals surface area contributed by atoms with Gasteiger partial charge in [-0.25, -0.2) is 15.0 Å². The number of H-pyrrole nitrogens is 1. The van der Waals surface area contributed by atoms with Crippen molar-refractivity contribution in [3.8, 4) is 11.4 Å². The molecule has 78 heavy (non-hydrogen) atoms. The molecule has 0 radical (unpaired) electrons. The molecule has 0 aliphatic carbocycles. The Morgan fingerprint density at radius 1 is 0.538 bits per heavy atom. The Hall–Kier alpha value is -7.40. The van der Waals surface area contributed by atoms with Crippen molar-refractivity contribution in [3.63, 3.8) is 0 Å². The van der Waals surface area contributed by atoms with Crippen molar-refractivity contribution < 1.29 is 33.8 Å². The largest absolute Gasteiger partial charge is 0.488 e. The van der Waals surface area contributed by atoms with E-state index in [1.807, 2.05) is 106 Å². The van der Waals surface area contributed by atoms with Gasteiger partial charge in [-0.1, -0.05) is 48.5 Å². The van der Waals surface area contributed by atoms with Gasteiger partial charge in [-0.05, 0) is 114 Å². The SMILES string of the molecule is Nc1nc2ccccc2[nH]1.Nc1nc2ccccc2n1-c1ccc(N2CCOCC2)cc1.O=C(CCl)Nc1nc2ccccc2n1-c1ccc(N2CCOCC2)cc1.O=C(Cl)CCl.OB(O)c1ccc(N2CCOCC2)cc1. The summed E-state index contributed by atoms with van der Waals surface area (Å²) >= 11 is 15.2. The van der Waals surface area contributed by atoms with E-state index in [9.17, 15) is 9.59 Å². The van der Waals surface area contributed by atoms with Crippen LogP contribution in [-0.2, 0) is 23.8 Å². The van der Waals surface area contributed by atoms with Gasteiger partial charge in [0.2, 0.25) is 23.0 Å². The van der Waals surface area contributed by atoms with Gasteiger partial charge in [0.05, 0.1) is 78.6 Å². The van der Waals surface area contributed by atoms with Crippen molar-refractivity contribution in [2.24, 2.45) is 0 Å². The number of carbonyl (C=O) groups is 2. The molecular formula is C55H60BCl3N12O7. The number of nitrogens with zero attached hydrogens (tertiary/aromatic N) is 8. The molecule has 0 unspecified atom stereocenters. The number of aromatic amines is 1. The van der Waals surface area contributed by atoms with E-state index >= 15 is 0 Å². The van der Waals surface area contributed by atoms with Crippen LogP contribution in [0.2, 0.25) is 0 Å². The van der Waals surface area contributed by atoms with E-state index in [0.717, 1.165) is 135 Å². The van der Waals surface area contributed by atoms with Gasteiger partial charge in [-0.3, -0.25) is 24.0 Å². The Bertz CT molecular complexity index is 3300. The number of alkyl halides is 2. The molecule has 8 N–H and O–H groups in total. The summed E-state index contributed by atoms with van der Waals surface area (Å²) in [4.78, 5) is 44.0. The highest BCUT2D eigenvalue weighted by Crippen LogP contribution is 2.28. The Morgan fingerprint density at radius 2 is 0.936 bits per heavy atom. The Morgan fingerprint density at radius 3 is 1.38 bits per heavy atom. The molecule has 0 saturated carbocycles. The summed E-state index contributed by atoms with van der Waals surface area (Å²) in [5, 5.41) is 20.2. The summed E-state index contributed by atoms with van der Waals surface area (Å²) in [6.07, 6.45) is 0. The van der Waals surface area contributed by atoms with Crippen molar-refractivity contribution >= 4 is 127 Å². The number of benzene rings is 6. The number of morpholine rings is 3. The first-order valence-electron chi connectivity index (χ1n) is 25.2. The predicted octanol–water partition coefficient (Wildman–Crippen LogP) is 6.82. The molecule has 406 valence electrons. The molecule has 3 aliphatic heterocycles. The first-order chi connectivity index (χ1) is 38.0. The maximum Gasteiger partial charge on any atom is 0.488 e. The van der Waals surface area contributed by atoms with Gasteiger partial charge in [0.1, 0.15) is 5.88 Å². The third kappa shape index (κ3) is 15.2. The first kappa shape index (κ1) is 56.8. The van der Waals surface area contributed by atoms with Crippen LogP contribution in [0.5, 0.6) is 0 Å². The lowest BCUT2D eigenvalue weighted by molar-refractivity contribution is -0.114. The number of carbonyl (C=O) groups excluding carboxylic acids is 2. The van der Waals surface area contributed by atoms with E-state index in [1.165, 1.54) is 5.69 Å². The lowest BCUT2D eigenvalue weighted by Gasteiger charge is -2.29. The smallest absolute Gasteiger partial charge is 0.423 e. The van der Waals surface area contributed by atoms with Gasteiger partial charge in [0, 0.05) is 67.7 Å². The van der Waals surface area contributed by atoms with Crippen LogP contribution in [0.1, 0.15) is 0 Å². The summed E-state index contributed by atoms with van der Waals surface area (Å²) < 4.78 is 20.0. The number of hydrogen-bond acceptors (Lipinski definition) is 15. The summed E-state index contributed by atoms with van der Waals surface area (Å²) in [7, 11) is -1.39. The van der Waals surface area contributed by atoms with Crippen LogP contribution in [-0.4, -0.2) is 148 Å². The van der Waals surface area contributed by atoms with Gasteiger partial charge in [0.25, 0.3) is 0 Å². The standard InChI is InChI=1S/C19H19ClN4O2.C17H18N4O.C10H14BNO3.C7H7N3.C2H2Cl2O/c20-13-18(25)22-19-21-16-3-1-2-4-17(16)24(19)15-7-5-14(6-8-15)23-9-11-26-12-10-23;18-17-19-15-3-1-2-4-16(15)21(17)14-7-5-13(6-8-14)20-9-11-22-12-10-20;13-11(14)9-1-3-10(4-2-9)12-5-7-15-8-6-12;8-7-9-5-3-1-2-4-6(5)10-7;3-1-2(4)5/h1-8H,9-13H2,(H,21,22,25);1-8H,9-12H2,(H2,18,19);1-4,13-14H,5-8H2;1-4H,(H3,8,9,10);1H2. The second-order valence-electron chi connectivity index (χ2n) is 17.7. The quantitative estimate of drug-likeness (QED) is 0.0494. The second-order valence-corrected chi connectivity index (χ2v) is 18.6. The molecule has 9 aromatic rings. The van der Waals surface area contributed by atoms with Crippen molar-refractivity contribution in [2.45, 2.75) is 0 Å². The van der Waals surface area contributed by atoms with Gasteiger partial charge < -0.3 is 55.4 Å². The number of amides is 1. The fraction of sp³-hybridized carbons (Fsp3) is 0.255. The minimum Gasteiger partial charge on any atom is -0.423 e. The Balaban J connectivity index is 0.000000139. The minimum atomic E-state index is -1.39. The molecular weight excluding hydrogens is 1060 g/mol. The molecule has 0 atom stereocenters. The molecule has 3 saturated heterocycles. The van der Waals surface area contributed by atoms with E-state index in [0.29, 0.717) is 23.3 Å². The Kier molecular flexibility index (Phi) is 20.6. The maximum atomic E-state index is 11.8. The fourth-order valence-electron chi connectivity index (χ4n) is 8.76. The number of imidazole rings is 3. The van der Waals surface area contributed by atoms with Crippen LogP contribution in [0.4, 0.5) is 34.9 Å². The van der Waals surface area contributed by atoms with Crippen LogP contribution in [0.3, 0.4) is 0 Å². The molecule has 0 spiro atoms. The number of rotatable bonds is 9. The number of nitrogen functional groups attached to an aromatic ring is 2. The van der Waals surface area contributed by atoms with Crippen LogP contribution in [0.25, 0.3) is 44.5 Å². The third-order valence-corrected chi connectivity index (χ3v) is 13.3. The number of nitrogens with one attached hydrogen (secondary N) is 2. The zero-order chi connectivity index (χ0) is 54.8. The number of ether oxygens (including phenoxy) is 3. The first-order valence-corrected chi connectivity index (χ1v) is 26.6. The van der Waals surface area contributed by atoms with Crippen LogP contribution in [0.15, 0.2) is 146 Å². The summed E-state index contributed by atoms with van der Waals surface area (Å²) in [6.45, 7) is 10.0. The topological polar surface area (TPSA) is 240 Å². The molecule has 6 aromatic carbocycles. The molecule has 0 bridgehead atoms. The van der Waals surface area contributed by atoms with E-state index in [1.54, 1.807) is 12.1 Å². The lowest BCUT2D eigenvalue weighted by atomic mass is 9.80. The number of nitrogens with two attached hydrogens (primary N) is 2. The average molecular weight is 1120 g/mol. The van der Waals surface area contributed by atoms with Crippen molar-refractivity contribution in [2.75, 3.05) is 122 Å². The molecule has 19 nitrogen and oxygen atoms in total. The number of anilines is 6. The van der Waals surface area contributed by atoms with E-state index in [2.05, 4.69) is 76.4 Å². The zero-order valence-electron chi connectivity index (χ0n) is 42.6. The monoisotopic (exact) mass is 1120 g/mol. The van der Waals surface area contributed by atoms with Crippen molar-refractivity contribution in [3.05, 3.63) is 146 Å². The molecule has 3 aliphatic rings. The molecule has 1 amide bonds. The van der Waals surface area contributed by atoms with Gasteiger partial charge in [-0.15, -0.1) is 23.2 Å². The zero-order valence-corrected chi connectivity index (χ0v) is 44.9. The van der Waals surface area contributed by atoms with E-state index in [4.69, 9.17) is 70.5 Å². The van der Waals surface area contributed by atoms with Crippen LogP contribution < -0.4 is 36.9 Å². The molecule has 3 fully saturated rings. The van der Waals surface area contributed by atoms with Crippen molar-refractivity contribution in [1.82, 2.24) is 29.1 Å². The Labute approximate surface area is 466 Å². The molecule has 23 heteroatoms. The number of para-hydroxylation sites is 6. The molecule has 3 aromatic heterocycles. The lowest BCUT2D eigenvalue weighted by Crippen LogP contribution is -2.36. The highest BCUT2D eigenvalue weighted by atomic mass is 35.5. The summed E-state index contributed by atoms with van der Waals surface area (Å²) in [5.74, 6) is 0.964. The number of fused-ring (bicyclic) bond motifs is 3. The van der Waals surface area contributed by atoms with Gasteiger partial charge >= 0.3 is 7.12 Å². The van der Waals surface area contributed by atoms with Crippen molar-refractivity contribution in [1.29, 1.82) is 0 Å². The highest BCUT2D eigenvalue weighted by molar-refractivity contribution is 6.67.